The van der Waals surface area contributed by atoms with Crippen LogP contribution in [0.25, 0.3) is 0 Å². The van der Waals surface area contributed by atoms with Gasteiger partial charge in [-0.3, -0.25) is 10.1 Å². The number of benzene rings is 2. The summed E-state index contributed by atoms with van der Waals surface area (Å²) in [6, 6.07) is 13.4. The van der Waals surface area contributed by atoms with Gasteiger partial charge >= 0.3 is 0 Å². The van der Waals surface area contributed by atoms with Gasteiger partial charge in [0.1, 0.15) is 30.1 Å². The first kappa shape index (κ1) is 20.2. The molecule has 0 aliphatic carbocycles. The molecular formula is C20H26ClN4O3+. The van der Waals surface area contributed by atoms with Crippen molar-refractivity contribution in [3.05, 3.63) is 57.6 Å². The second-order valence-electron chi connectivity index (χ2n) is 7.24. The van der Waals surface area contributed by atoms with Crippen molar-refractivity contribution >= 4 is 28.7 Å². The minimum absolute atomic E-state index is 0.0694. The summed E-state index contributed by atoms with van der Waals surface area (Å²) in [4.78, 5) is 13.3. The molecule has 0 aromatic heterocycles. The minimum atomic E-state index is -0.360. The van der Waals surface area contributed by atoms with E-state index in [-0.39, 0.29) is 10.6 Å². The van der Waals surface area contributed by atoms with Gasteiger partial charge < -0.3 is 20.3 Å². The molecule has 0 bridgehead atoms. The van der Waals surface area contributed by atoms with Crippen LogP contribution < -0.4 is 20.3 Å². The minimum Gasteiger partial charge on any atom is -0.492 e. The molecule has 3 rings (SSSR count). The number of nitrogens with zero attached hydrogens (tertiary/aromatic N) is 2. The molecule has 2 atom stereocenters. The fourth-order valence-corrected chi connectivity index (χ4v) is 3.70. The number of nitrogens with two attached hydrogens (primary N) is 1. The molecule has 1 aliphatic rings. The van der Waals surface area contributed by atoms with Crippen LogP contribution in [0.4, 0.5) is 17.1 Å². The van der Waals surface area contributed by atoms with Crippen LogP contribution in [0.5, 0.6) is 5.75 Å². The van der Waals surface area contributed by atoms with E-state index in [4.69, 9.17) is 16.3 Å². The van der Waals surface area contributed by atoms with Crippen LogP contribution in [-0.2, 0) is 0 Å². The smallest absolute Gasteiger partial charge is 0.292 e. The average molecular weight is 406 g/mol. The molecule has 2 aromatic rings. The third-order valence-electron chi connectivity index (χ3n) is 4.72. The third-order valence-corrected chi connectivity index (χ3v) is 4.97. The lowest BCUT2D eigenvalue weighted by molar-refractivity contribution is -0.716. The second kappa shape index (κ2) is 9.12. The van der Waals surface area contributed by atoms with Crippen molar-refractivity contribution in [2.24, 2.45) is 0 Å². The zero-order valence-electron chi connectivity index (χ0n) is 16.1. The highest BCUT2D eigenvalue weighted by atomic mass is 35.5. The SMILES string of the molecule is C[C@H]1CN(c2ccc([N+](=O)[O-])c(NCCOc3ccc(Cl)cc3)c2)C[C@H](C)[NH2+]1. The Kier molecular flexibility index (Phi) is 6.59. The van der Waals surface area contributed by atoms with Gasteiger partial charge in [-0.05, 0) is 50.2 Å². The summed E-state index contributed by atoms with van der Waals surface area (Å²) in [6.07, 6.45) is 0. The molecule has 1 heterocycles. The van der Waals surface area contributed by atoms with Crippen molar-refractivity contribution < 1.29 is 15.0 Å². The quantitative estimate of drug-likeness (QED) is 0.420. The molecule has 1 aliphatic heterocycles. The van der Waals surface area contributed by atoms with Crippen molar-refractivity contribution in [3.8, 4) is 5.75 Å². The van der Waals surface area contributed by atoms with Crippen LogP contribution in [0.2, 0.25) is 5.02 Å². The molecule has 1 fully saturated rings. The number of rotatable bonds is 7. The summed E-state index contributed by atoms with van der Waals surface area (Å²) in [6.45, 7) is 7.06. The van der Waals surface area contributed by atoms with E-state index in [0.717, 1.165) is 18.8 Å². The Bertz CT molecular complexity index is 806. The summed E-state index contributed by atoms with van der Waals surface area (Å²) in [5.41, 5.74) is 1.58. The van der Waals surface area contributed by atoms with E-state index >= 15 is 0 Å². The standard InChI is InChI=1S/C20H25ClN4O3/c1-14-12-24(13-15(2)23-14)17-5-8-20(25(26)27)19(11-17)22-9-10-28-18-6-3-16(21)4-7-18/h3-8,11,14-15,22-23H,9-10,12-13H2,1-2H3/p+1/t14-,15-/m0/s1. The van der Waals surface area contributed by atoms with E-state index in [2.05, 4.69) is 29.4 Å². The van der Waals surface area contributed by atoms with Crippen LogP contribution in [0, 0.1) is 10.1 Å². The molecule has 0 radical (unpaired) electrons. The molecule has 0 amide bonds. The lowest BCUT2D eigenvalue weighted by Gasteiger charge is -2.35. The molecule has 7 nitrogen and oxygen atoms in total. The highest BCUT2D eigenvalue weighted by Crippen LogP contribution is 2.30. The predicted molar refractivity (Wildman–Crippen MR) is 112 cm³/mol. The number of halogens is 1. The lowest BCUT2D eigenvalue weighted by Crippen LogP contribution is -2.99. The van der Waals surface area contributed by atoms with Crippen LogP contribution in [-0.4, -0.2) is 43.2 Å². The van der Waals surface area contributed by atoms with Crippen molar-refractivity contribution in [2.45, 2.75) is 25.9 Å². The highest BCUT2D eigenvalue weighted by molar-refractivity contribution is 6.30. The van der Waals surface area contributed by atoms with E-state index in [1.807, 2.05) is 12.1 Å². The first-order valence-electron chi connectivity index (χ1n) is 9.43. The maximum Gasteiger partial charge on any atom is 0.292 e. The fraction of sp³-hybridized carbons (Fsp3) is 0.400. The van der Waals surface area contributed by atoms with E-state index < -0.39 is 0 Å². The molecule has 0 saturated carbocycles. The number of nitro benzene ring substituents is 1. The van der Waals surface area contributed by atoms with Gasteiger partial charge in [-0.1, -0.05) is 11.6 Å². The van der Waals surface area contributed by atoms with E-state index in [0.29, 0.717) is 41.7 Å². The molecule has 1 saturated heterocycles. The Morgan fingerprint density at radius 3 is 2.54 bits per heavy atom. The van der Waals surface area contributed by atoms with E-state index in [1.165, 1.54) is 0 Å². The fourth-order valence-electron chi connectivity index (χ4n) is 3.57. The molecule has 150 valence electrons. The largest absolute Gasteiger partial charge is 0.492 e. The molecule has 8 heteroatoms. The van der Waals surface area contributed by atoms with Gasteiger partial charge in [-0.25, -0.2) is 0 Å². The van der Waals surface area contributed by atoms with Crippen LogP contribution in [0.1, 0.15) is 13.8 Å². The Morgan fingerprint density at radius 1 is 1.21 bits per heavy atom. The van der Waals surface area contributed by atoms with Crippen LogP contribution in [0.3, 0.4) is 0 Å². The van der Waals surface area contributed by atoms with Gasteiger partial charge in [0, 0.05) is 23.3 Å². The van der Waals surface area contributed by atoms with Gasteiger partial charge in [0.25, 0.3) is 5.69 Å². The predicted octanol–water partition coefficient (Wildman–Crippen LogP) is 2.90. The number of ether oxygens (including phenoxy) is 1. The normalized spacial score (nSPS) is 19.3. The zero-order valence-corrected chi connectivity index (χ0v) is 16.9. The first-order chi connectivity index (χ1) is 13.4. The molecule has 28 heavy (non-hydrogen) atoms. The van der Waals surface area contributed by atoms with Crippen molar-refractivity contribution in [3.63, 3.8) is 0 Å². The number of quaternary nitrogens is 1. The topological polar surface area (TPSA) is 84.2 Å². The number of anilines is 2. The average Bonchev–Trinajstić information content (AvgIpc) is 2.65. The Hall–Kier alpha value is -2.51. The zero-order chi connectivity index (χ0) is 20.1. The molecule has 0 spiro atoms. The third kappa shape index (κ3) is 5.27. The second-order valence-corrected chi connectivity index (χ2v) is 7.68. The van der Waals surface area contributed by atoms with E-state index in [9.17, 15) is 10.1 Å². The first-order valence-corrected chi connectivity index (χ1v) is 9.81. The van der Waals surface area contributed by atoms with E-state index in [1.54, 1.807) is 30.3 Å². The van der Waals surface area contributed by atoms with Gasteiger partial charge in [-0.15, -0.1) is 0 Å². The van der Waals surface area contributed by atoms with Crippen LogP contribution >= 0.6 is 11.6 Å². The molecule has 2 aromatic carbocycles. The number of piperazine rings is 1. The number of nitrogens with one attached hydrogen (secondary N) is 1. The van der Waals surface area contributed by atoms with Crippen LogP contribution in [0.15, 0.2) is 42.5 Å². The lowest BCUT2D eigenvalue weighted by atomic mass is 10.1. The summed E-state index contributed by atoms with van der Waals surface area (Å²) in [7, 11) is 0. The summed E-state index contributed by atoms with van der Waals surface area (Å²) >= 11 is 5.86. The number of hydrogen-bond donors (Lipinski definition) is 2. The maximum atomic E-state index is 11.4. The van der Waals surface area contributed by atoms with Gasteiger partial charge in [0.05, 0.1) is 18.0 Å². The van der Waals surface area contributed by atoms with Gasteiger partial charge in [0.2, 0.25) is 0 Å². The summed E-state index contributed by atoms with van der Waals surface area (Å²) in [5, 5.41) is 17.6. The Morgan fingerprint density at radius 2 is 1.89 bits per heavy atom. The van der Waals surface area contributed by atoms with Gasteiger partial charge in [-0.2, -0.15) is 0 Å². The Balaban J connectivity index is 1.66. The maximum absolute atomic E-state index is 11.4. The van der Waals surface area contributed by atoms with Gasteiger partial charge in [0.15, 0.2) is 0 Å². The highest BCUT2D eigenvalue weighted by Gasteiger charge is 2.26. The van der Waals surface area contributed by atoms with Crippen molar-refractivity contribution in [1.82, 2.24) is 0 Å². The summed E-state index contributed by atoms with van der Waals surface area (Å²) in [5.74, 6) is 0.710. The summed E-state index contributed by atoms with van der Waals surface area (Å²) < 4.78 is 5.65. The van der Waals surface area contributed by atoms with Crippen molar-refractivity contribution in [2.75, 3.05) is 36.5 Å². The Labute approximate surface area is 169 Å². The molecule has 0 unspecified atom stereocenters. The number of nitro groups is 1. The van der Waals surface area contributed by atoms with Crippen molar-refractivity contribution in [1.29, 1.82) is 0 Å². The molecular weight excluding hydrogens is 380 g/mol. The molecule has 3 N–H and O–H groups in total. The monoisotopic (exact) mass is 405 g/mol. The number of hydrogen-bond acceptors (Lipinski definition) is 5.